The molecule has 0 spiro atoms. The Balaban J connectivity index is 1.72. The first-order valence-electron chi connectivity index (χ1n) is 11.4. The number of carboxylic acids is 1. The number of carboxylic acid groups (broad SMARTS) is 1. The number of likely N-dealkylation sites (N-methyl/N-ethyl adjacent to an activating group) is 1. The minimum absolute atomic E-state index is 0.0709. The highest BCUT2D eigenvalue weighted by Crippen LogP contribution is 2.44. The molecule has 3 rings (SSSR count). The lowest BCUT2D eigenvalue weighted by Crippen LogP contribution is -2.63. The minimum atomic E-state index is -1.39. The van der Waals surface area contributed by atoms with Crippen LogP contribution >= 0.6 is 0 Å². The Morgan fingerprint density at radius 3 is 1.85 bits per heavy atom. The molecule has 0 bridgehead atoms. The van der Waals surface area contributed by atoms with Crippen molar-refractivity contribution in [3.05, 3.63) is 59.7 Å². The average molecular weight is 467 g/mol. The standard InChI is InChI=1S/C27H34N2O5/c1-25(2,22(30)29(7)26(3,4)23(31)32)27(5,6)28-24(33)34-16-21-19-14-10-8-12-17(19)18-13-9-11-15-20(18)21/h8-15,21H,16H2,1-7H3,(H,28,33)(H,31,32). The normalized spacial score (nSPS) is 13.6. The van der Waals surface area contributed by atoms with E-state index in [2.05, 4.69) is 17.4 Å². The number of fused-ring (bicyclic) bond motifs is 3. The summed E-state index contributed by atoms with van der Waals surface area (Å²) >= 11 is 0. The predicted molar refractivity (Wildman–Crippen MR) is 131 cm³/mol. The Labute approximate surface area is 201 Å². The minimum Gasteiger partial charge on any atom is -0.480 e. The van der Waals surface area contributed by atoms with Gasteiger partial charge in [0.05, 0.1) is 11.0 Å². The van der Waals surface area contributed by atoms with Gasteiger partial charge in [-0.15, -0.1) is 0 Å². The number of rotatable bonds is 7. The van der Waals surface area contributed by atoms with Crippen LogP contribution in [0.2, 0.25) is 0 Å². The Morgan fingerprint density at radius 2 is 1.38 bits per heavy atom. The molecule has 0 aliphatic heterocycles. The molecule has 7 nitrogen and oxygen atoms in total. The van der Waals surface area contributed by atoms with Gasteiger partial charge >= 0.3 is 12.1 Å². The van der Waals surface area contributed by atoms with Crippen LogP contribution < -0.4 is 5.32 Å². The van der Waals surface area contributed by atoms with Gasteiger partial charge in [-0.05, 0) is 63.8 Å². The molecule has 0 saturated heterocycles. The Hall–Kier alpha value is -3.35. The average Bonchev–Trinajstić information content (AvgIpc) is 3.09. The van der Waals surface area contributed by atoms with Gasteiger partial charge in [0.15, 0.2) is 0 Å². The van der Waals surface area contributed by atoms with Crippen molar-refractivity contribution in [2.24, 2.45) is 5.41 Å². The lowest BCUT2D eigenvalue weighted by molar-refractivity contribution is -0.161. The largest absolute Gasteiger partial charge is 0.480 e. The van der Waals surface area contributed by atoms with Crippen LogP contribution in [0.3, 0.4) is 0 Å². The molecule has 0 unspecified atom stereocenters. The topological polar surface area (TPSA) is 95.9 Å². The van der Waals surface area contributed by atoms with E-state index < -0.39 is 34.5 Å². The second-order valence-corrected chi connectivity index (χ2v) is 10.4. The second kappa shape index (κ2) is 8.78. The van der Waals surface area contributed by atoms with E-state index in [4.69, 9.17) is 4.74 Å². The first-order chi connectivity index (χ1) is 15.7. The smallest absolute Gasteiger partial charge is 0.407 e. The van der Waals surface area contributed by atoms with Crippen molar-refractivity contribution < 1.29 is 24.2 Å². The number of carbonyl (C=O) groups is 3. The molecule has 0 aromatic heterocycles. The first-order valence-corrected chi connectivity index (χ1v) is 11.4. The molecule has 182 valence electrons. The SMILES string of the molecule is CN(C(=O)C(C)(C)C(C)(C)NC(=O)OCC1c2ccccc2-c2ccccc21)C(C)(C)C(=O)O. The van der Waals surface area contributed by atoms with E-state index in [1.165, 1.54) is 25.8 Å². The number of benzene rings is 2. The van der Waals surface area contributed by atoms with Crippen molar-refractivity contribution in [1.29, 1.82) is 0 Å². The Morgan fingerprint density at radius 1 is 0.912 bits per heavy atom. The van der Waals surface area contributed by atoms with Crippen LogP contribution in [0.1, 0.15) is 58.6 Å². The van der Waals surface area contributed by atoms with Crippen LogP contribution in [0.25, 0.3) is 11.1 Å². The van der Waals surface area contributed by atoms with Gasteiger partial charge in [-0.1, -0.05) is 48.5 Å². The van der Waals surface area contributed by atoms with E-state index in [9.17, 15) is 19.5 Å². The Kier molecular flexibility index (Phi) is 6.53. The van der Waals surface area contributed by atoms with Crippen molar-refractivity contribution in [2.45, 2.75) is 58.5 Å². The zero-order valence-electron chi connectivity index (χ0n) is 20.9. The molecule has 0 heterocycles. The van der Waals surface area contributed by atoms with E-state index in [0.717, 1.165) is 22.3 Å². The van der Waals surface area contributed by atoms with Crippen molar-refractivity contribution >= 4 is 18.0 Å². The highest BCUT2D eigenvalue weighted by atomic mass is 16.5. The zero-order chi connectivity index (χ0) is 25.5. The van der Waals surface area contributed by atoms with Crippen LogP contribution in [-0.2, 0) is 14.3 Å². The predicted octanol–water partition coefficient (Wildman–Crippen LogP) is 4.65. The number of ether oxygens (including phenoxy) is 1. The Bertz CT molecular complexity index is 1070. The maximum Gasteiger partial charge on any atom is 0.407 e. The van der Waals surface area contributed by atoms with Gasteiger partial charge in [0.1, 0.15) is 12.1 Å². The molecule has 1 aliphatic carbocycles. The van der Waals surface area contributed by atoms with Gasteiger partial charge < -0.3 is 20.1 Å². The van der Waals surface area contributed by atoms with Gasteiger partial charge in [-0.3, -0.25) is 4.79 Å². The molecule has 0 saturated carbocycles. The molecule has 2 amide bonds. The molecule has 2 aromatic rings. The maximum absolute atomic E-state index is 13.3. The third-order valence-corrected chi connectivity index (χ3v) is 7.52. The van der Waals surface area contributed by atoms with Gasteiger partial charge in [-0.25, -0.2) is 9.59 Å². The van der Waals surface area contributed by atoms with E-state index >= 15 is 0 Å². The monoisotopic (exact) mass is 466 g/mol. The number of hydrogen-bond donors (Lipinski definition) is 2. The fraction of sp³-hybridized carbons (Fsp3) is 0.444. The van der Waals surface area contributed by atoms with Crippen molar-refractivity contribution in [1.82, 2.24) is 10.2 Å². The van der Waals surface area contributed by atoms with Crippen molar-refractivity contribution in [3.63, 3.8) is 0 Å². The van der Waals surface area contributed by atoms with Crippen molar-refractivity contribution in [3.8, 4) is 11.1 Å². The van der Waals surface area contributed by atoms with Crippen LogP contribution in [0.5, 0.6) is 0 Å². The quantitative estimate of drug-likeness (QED) is 0.619. The van der Waals surface area contributed by atoms with Crippen molar-refractivity contribution in [2.75, 3.05) is 13.7 Å². The van der Waals surface area contributed by atoms with Gasteiger partial charge in [0, 0.05) is 13.0 Å². The molecular weight excluding hydrogens is 432 g/mol. The second-order valence-electron chi connectivity index (χ2n) is 10.4. The van der Waals surface area contributed by atoms with E-state index in [-0.39, 0.29) is 12.5 Å². The summed E-state index contributed by atoms with van der Waals surface area (Å²) in [6.07, 6.45) is -0.632. The fourth-order valence-corrected chi connectivity index (χ4v) is 4.13. The number of alkyl carbamates (subject to hydrolysis) is 1. The molecule has 0 radical (unpaired) electrons. The van der Waals surface area contributed by atoms with Gasteiger partial charge in [0.2, 0.25) is 5.91 Å². The summed E-state index contributed by atoms with van der Waals surface area (Å²) in [6, 6.07) is 16.2. The first kappa shape index (κ1) is 25.3. The molecule has 0 fully saturated rings. The van der Waals surface area contributed by atoms with Crippen LogP contribution in [0.4, 0.5) is 4.79 Å². The number of amides is 2. The summed E-state index contributed by atoms with van der Waals surface area (Å²) < 4.78 is 5.65. The summed E-state index contributed by atoms with van der Waals surface area (Å²) in [5.74, 6) is -1.58. The number of nitrogens with zero attached hydrogens (tertiary/aromatic N) is 1. The summed E-state index contributed by atoms with van der Waals surface area (Å²) in [5, 5.41) is 12.3. The number of hydrogen-bond acceptors (Lipinski definition) is 4. The third kappa shape index (κ3) is 4.27. The lowest BCUT2D eigenvalue weighted by Gasteiger charge is -2.45. The lowest BCUT2D eigenvalue weighted by atomic mass is 9.73. The summed E-state index contributed by atoms with van der Waals surface area (Å²) in [4.78, 5) is 38.9. The number of nitrogens with one attached hydrogen (secondary N) is 1. The molecular formula is C27H34N2O5. The molecule has 7 heteroatoms. The summed E-state index contributed by atoms with van der Waals surface area (Å²) in [5.41, 5.74) is 0.989. The van der Waals surface area contributed by atoms with Crippen LogP contribution in [0.15, 0.2) is 48.5 Å². The molecule has 2 aromatic carbocycles. The van der Waals surface area contributed by atoms with E-state index in [0.29, 0.717) is 0 Å². The molecule has 0 atom stereocenters. The third-order valence-electron chi connectivity index (χ3n) is 7.52. The molecule has 1 aliphatic rings. The van der Waals surface area contributed by atoms with E-state index in [1.807, 2.05) is 36.4 Å². The fourth-order valence-electron chi connectivity index (χ4n) is 4.13. The maximum atomic E-state index is 13.3. The summed E-state index contributed by atoms with van der Waals surface area (Å²) in [7, 11) is 1.46. The highest BCUT2D eigenvalue weighted by Gasteiger charge is 2.49. The van der Waals surface area contributed by atoms with Gasteiger partial charge in [0.25, 0.3) is 0 Å². The van der Waals surface area contributed by atoms with E-state index in [1.54, 1.807) is 27.7 Å². The summed E-state index contributed by atoms with van der Waals surface area (Å²) in [6.45, 7) is 9.93. The molecule has 34 heavy (non-hydrogen) atoms. The van der Waals surface area contributed by atoms with Crippen LogP contribution in [0, 0.1) is 5.41 Å². The number of carbonyl (C=O) groups excluding carboxylic acids is 2. The molecule has 2 N–H and O–H groups in total. The van der Waals surface area contributed by atoms with Gasteiger partial charge in [-0.2, -0.15) is 0 Å². The van der Waals surface area contributed by atoms with Crippen LogP contribution in [-0.4, -0.2) is 52.7 Å². The zero-order valence-corrected chi connectivity index (χ0v) is 20.9. The highest BCUT2D eigenvalue weighted by molar-refractivity contribution is 5.90. The number of aliphatic carboxylic acids is 1.